The van der Waals surface area contributed by atoms with Gasteiger partial charge in [-0.15, -0.1) is 0 Å². The number of aliphatic hydroxyl groups is 5. The molecule has 0 amide bonds. The second-order valence-corrected chi connectivity index (χ2v) is 14.5. The average Bonchev–Trinajstić information content (AvgIpc) is 3.08. The standard InChI is InChI=1S/C36H67O12P/c1-3-5-7-9-11-13-15-16-18-20-22-24-26-45-27-29(47-30(37)25-23-21-19-17-14-12-10-8-6-4-2)28-46-49(43,44)48-36-34(41)32(39)31(38)33(40)35(36)42/h8-11,29,31-36,38-42H,3-7,12-28H2,1-2H3,(H,43,44)/b10-8-,11-9-. The second-order valence-electron chi connectivity index (χ2n) is 13.1. The van der Waals surface area contributed by atoms with Crippen LogP contribution in [-0.4, -0.2) is 98.9 Å². The molecule has 0 aromatic carbocycles. The van der Waals surface area contributed by atoms with Crippen LogP contribution < -0.4 is 0 Å². The van der Waals surface area contributed by atoms with Gasteiger partial charge in [0.1, 0.15) is 42.7 Å². The van der Waals surface area contributed by atoms with E-state index in [0.717, 1.165) is 83.5 Å². The van der Waals surface area contributed by atoms with Gasteiger partial charge < -0.3 is 39.9 Å². The summed E-state index contributed by atoms with van der Waals surface area (Å²) < 4.78 is 33.9. The van der Waals surface area contributed by atoms with Crippen LogP contribution in [0.25, 0.3) is 0 Å². The fourth-order valence-electron chi connectivity index (χ4n) is 5.45. The van der Waals surface area contributed by atoms with Gasteiger partial charge in [0.2, 0.25) is 0 Å². The Labute approximate surface area is 294 Å². The first-order valence-electron chi connectivity index (χ1n) is 18.7. The van der Waals surface area contributed by atoms with Crippen LogP contribution in [-0.2, 0) is 27.9 Å². The normalized spacial score (nSPS) is 24.8. The Morgan fingerprint density at radius 3 is 1.69 bits per heavy atom. The summed E-state index contributed by atoms with van der Waals surface area (Å²) >= 11 is 0. The van der Waals surface area contributed by atoms with Crippen LogP contribution in [0.1, 0.15) is 136 Å². The lowest BCUT2D eigenvalue weighted by Crippen LogP contribution is -2.64. The summed E-state index contributed by atoms with van der Waals surface area (Å²) in [4.78, 5) is 22.9. The Balaban J connectivity index is 2.50. The van der Waals surface area contributed by atoms with Crippen LogP contribution in [0.5, 0.6) is 0 Å². The topological polar surface area (TPSA) is 192 Å². The molecule has 1 rings (SSSR count). The van der Waals surface area contributed by atoms with Gasteiger partial charge in [-0.3, -0.25) is 13.8 Å². The number of allylic oxidation sites excluding steroid dienone is 4. The Morgan fingerprint density at radius 1 is 0.633 bits per heavy atom. The molecule has 6 N–H and O–H groups in total. The number of aliphatic hydroxyl groups excluding tert-OH is 5. The summed E-state index contributed by atoms with van der Waals surface area (Å²) in [5.41, 5.74) is 0. The molecule has 288 valence electrons. The molecule has 13 heteroatoms. The summed E-state index contributed by atoms with van der Waals surface area (Å²) in [6.07, 6.45) is 15.6. The van der Waals surface area contributed by atoms with Crippen LogP contribution in [0.15, 0.2) is 24.3 Å². The summed E-state index contributed by atoms with van der Waals surface area (Å²) in [6.45, 7) is 4.09. The van der Waals surface area contributed by atoms with Crippen molar-refractivity contribution in [1.29, 1.82) is 0 Å². The Kier molecular flexibility index (Phi) is 26.6. The molecule has 49 heavy (non-hydrogen) atoms. The zero-order chi connectivity index (χ0) is 36.3. The highest BCUT2D eigenvalue weighted by atomic mass is 31.2. The predicted molar refractivity (Wildman–Crippen MR) is 189 cm³/mol. The molecule has 0 aromatic heterocycles. The Hall–Kier alpha value is -1.18. The third-order valence-electron chi connectivity index (χ3n) is 8.53. The van der Waals surface area contributed by atoms with Crippen LogP contribution in [0.3, 0.4) is 0 Å². The summed E-state index contributed by atoms with van der Waals surface area (Å²) in [5, 5.41) is 49.9. The molecule has 0 aromatic rings. The number of phosphoric ester groups is 1. The van der Waals surface area contributed by atoms with Crippen molar-refractivity contribution in [3.05, 3.63) is 24.3 Å². The van der Waals surface area contributed by atoms with Crippen molar-refractivity contribution < 1.29 is 58.3 Å². The van der Waals surface area contributed by atoms with Crippen molar-refractivity contribution in [3.63, 3.8) is 0 Å². The molecular formula is C36H67O12P. The molecule has 0 radical (unpaired) electrons. The summed E-state index contributed by atoms with van der Waals surface area (Å²) in [6, 6.07) is 0. The van der Waals surface area contributed by atoms with E-state index < -0.39 is 63.1 Å². The molecule has 0 aliphatic heterocycles. The Morgan fingerprint density at radius 2 is 1.12 bits per heavy atom. The highest BCUT2D eigenvalue weighted by Gasteiger charge is 2.51. The monoisotopic (exact) mass is 722 g/mol. The third kappa shape index (κ3) is 21.7. The molecule has 6 unspecified atom stereocenters. The summed E-state index contributed by atoms with van der Waals surface area (Å²) in [7, 11) is -5.01. The van der Waals surface area contributed by atoms with Gasteiger partial charge in [-0.1, -0.05) is 102 Å². The second kappa shape index (κ2) is 28.4. The van der Waals surface area contributed by atoms with Gasteiger partial charge >= 0.3 is 13.8 Å². The smallest absolute Gasteiger partial charge is 0.457 e. The quantitative estimate of drug-likeness (QED) is 0.0226. The fraction of sp³-hybridized carbons (Fsp3) is 0.861. The number of carbonyl (C=O) groups excluding carboxylic acids is 1. The van der Waals surface area contributed by atoms with E-state index >= 15 is 0 Å². The molecule has 0 bridgehead atoms. The van der Waals surface area contributed by atoms with E-state index in [1.54, 1.807) is 0 Å². The minimum absolute atomic E-state index is 0.0834. The van der Waals surface area contributed by atoms with Crippen LogP contribution >= 0.6 is 7.82 Å². The SMILES string of the molecule is CCC/C=C\CCCCCCCC(=O)OC(COCCCCCCCC/C=C\CCCC)COP(=O)(O)OC1C(O)C(O)C(O)C(O)C1O. The van der Waals surface area contributed by atoms with Gasteiger partial charge in [-0.05, 0) is 51.4 Å². The number of ether oxygens (including phenoxy) is 2. The lowest BCUT2D eigenvalue weighted by molar-refractivity contribution is -0.220. The first-order valence-corrected chi connectivity index (χ1v) is 20.2. The van der Waals surface area contributed by atoms with E-state index in [-0.39, 0.29) is 13.0 Å². The molecule has 1 aliphatic carbocycles. The number of hydrogen-bond acceptors (Lipinski definition) is 11. The molecule has 1 saturated carbocycles. The van der Waals surface area contributed by atoms with Gasteiger partial charge in [0.05, 0.1) is 13.2 Å². The van der Waals surface area contributed by atoms with Gasteiger partial charge in [0.25, 0.3) is 0 Å². The third-order valence-corrected chi connectivity index (χ3v) is 9.51. The predicted octanol–water partition coefficient (Wildman–Crippen LogP) is 5.80. The largest absolute Gasteiger partial charge is 0.472 e. The fourth-order valence-corrected chi connectivity index (χ4v) is 6.43. The van der Waals surface area contributed by atoms with Crippen LogP contribution in [0.4, 0.5) is 0 Å². The Bertz CT molecular complexity index is 916. The number of rotatable bonds is 30. The number of phosphoric acid groups is 1. The molecule has 12 nitrogen and oxygen atoms in total. The molecule has 0 heterocycles. The van der Waals surface area contributed by atoms with E-state index in [9.17, 15) is 39.8 Å². The molecule has 1 aliphatic rings. The van der Waals surface area contributed by atoms with Gasteiger partial charge in [0, 0.05) is 13.0 Å². The van der Waals surface area contributed by atoms with E-state index in [4.69, 9.17) is 18.5 Å². The molecule has 0 spiro atoms. The van der Waals surface area contributed by atoms with Crippen molar-refractivity contribution in [3.8, 4) is 0 Å². The molecular weight excluding hydrogens is 655 g/mol. The maximum absolute atomic E-state index is 12.7. The molecule has 0 saturated heterocycles. The zero-order valence-electron chi connectivity index (χ0n) is 30.0. The van der Waals surface area contributed by atoms with Crippen LogP contribution in [0.2, 0.25) is 0 Å². The van der Waals surface area contributed by atoms with E-state index in [1.165, 1.54) is 25.7 Å². The molecule has 6 atom stereocenters. The van der Waals surface area contributed by atoms with Crippen molar-refractivity contribution in [2.75, 3.05) is 19.8 Å². The van der Waals surface area contributed by atoms with Crippen LogP contribution in [0, 0.1) is 0 Å². The van der Waals surface area contributed by atoms with Crippen molar-refractivity contribution in [2.45, 2.75) is 179 Å². The number of esters is 1. The highest BCUT2D eigenvalue weighted by molar-refractivity contribution is 7.47. The first kappa shape index (κ1) is 45.8. The maximum Gasteiger partial charge on any atom is 0.472 e. The average molecular weight is 723 g/mol. The zero-order valence-corrected chi connectivity index (χ0v) is 30.9. The minimum Gasteiger partial charge on any atom is -0.457 e. The van der Waals surface area contributed by atoms with E-state index in [2.05, 4.69) is 38.2 Å². The van der Waals surface area contributed by atoms with Gasteiger partial charge in [-0.25, -0.2) is 4.57 Å². The lowest BCUT2D eigenvalue weighted by Gasteiger charge is -2.41. The number of unbranched alkanes of at least 4 members (excludes halogenated alkanes) is 14. The number of hydrogen-bond donors (Lipinski definition) is 6. The van der Waals surface area contributed by atoms with Crippen molar-refractivity contribution >= 4 is 13.8 Å². The van der Waals surface area contributed by atoms with Crippen molar-refractivity contribution in [1.82, 2.24) is 0 Å². The lowest BCUT2D eigenvalue weighted by atomic mass is 9.85. The van der Waals surface area contributed by atoms with E-state index in [1.807, 2.05) is 0 Å². The first-order chi connectivity index (χ1) is 23.5. The minimum atomic E-state index is -5.01. The van der Waals surface area contributed by atoms with Crippen molar-refractivity contribution in [2.24, 2.45) is 0 Å². The van der Waals surface area contributed by atoms with E-state index in [0.29, 0.717) is 13.0 Å². The number of carbonyl (C=O) groups is 1. The molecule has 1 fully saturated rings. The summed E-state index contributed by atoms with van der Waals surface area (Å²) in [5.74, 6) is -0.494. The highest BCUT2D eigenvalue weighted by Crippen LogP contribution is 2.47. The van der Waals surface area contributed by atoms with Gasteiger partial charge in [0.15, 0.2) is 0 Å². The van der Waals surface area contributed by atoms with Gasteiger partial charge in [-0.2, -0.15) is 0 Å². The maximum atomic E-state index is 12.7.